The second kappa shape index (κ2) is 6.14. The van der Waals surface area contributed by atoms with Crippen LogP contribution in [0.2, 0.25) is 0 Å². The SMILES string of the molecule is Cn1c(SCN2C(=O)c3ccccc3C2=O)nnc1-c1cccnc1. The lowest BCUT2D eigenvalue weighted by atomic mass is 10.1. The third-order valence-electron chi connectivity index (χ3n) is 3.96. The van der Waals surface area contributed by atoms with Crippen LogP contribution in [0.1, 0.15) is 20.7 Å². The summed E-state index contributed by atoms with van der Waals surface area (Å²) in [6, 6.07) is 10.6. The quantitative estimate of drug-likeness (QED) is 0.530. The molecule has 7 nitrogen and oxygen atoms in total. The first-order valence-corrected chi connectivity index (χ1v) is 8.53. The van der Waals surface area contributed by atoms with Gasteiger partial charge in [-0.05, 0) is 24.3 Å². The Morgan fingerprint density at radius 2 is 1.72 bits per heavy atom. The highest BCUT2D eigenvalue weighted by Gasteiger charge is 2.35. The lowest BCUT2D eigenvalue weighted by Crippen LogP contribution is -2.29. The van der Waals surface area contributed by atoms with E-state index in [1.54, 1.807) is 36.7 Å². The fourth-order valence-electron chi connectivity index (χ4n) is 2.67. The van der Waals surface area contributed by atoms with Gasteiger partial charge >= 0.3 is 0 Å². The van der Waals surface area contributed by atoms with Crippen molar-refractivity contribution < 1.29 is 9.59 Å². The van der Waals surface area contributed by atoms with Crippen LogP contribution in [0, 0.1) is 0 Å². The molecule has 1 aliphatic heterocycles. The predicted molar refractivity (Wildman–Crippen MR) is 91.9 cm³/mol. The molecular formula is C17H13N5O2S. The Bertz CT molecular complexity index is 935. The number of rotatable bonds is 4. The van der Waals surface area contributed by atoms with Gasteiger partial charge in [0, 0.05) is 25.0 Å². The molecule has 2 aromatic heterocycles. The number of thioether (sulfide) groups is 1. The standard InChI is InChI=1S/C17H13N5O2S/c1-21-14(11-5-4-8-18-9-11)19-20-17(21)25-10-22-15(23)12-6-2-3-7-13(12)16(22)24/h2-9H,10H2,1H3. The lowest BCUT2D eigenvalue weighted by molar-refractivity contribution is 0.0684. The number of pyridine rings is 1. The molecule has 0 atom stereocenters. The maximum Gasteiger partial charge on any atom is 0.262 e. The molecule has 0 bridgehead atoms. The molecule has 3 aromatic rings. The van der Waals surface area contributed by atoms with Crippen LogP contribution in [0.15, 0.2) is 53.9 Å². The van der Waals surface area contributed by atoms with E-state index in [9.17, 15) is 9.59 Å². The molecule has 0 saturated heterocycles. The number of hydrogen-bond acceptors (Lipinski definition) is 6. The molecule has 0 radical (unpaired) electrons. The first-order chi connectivity index (χ1) is 12.2. The second-order valence-corrected chi connectivity index (χ2v) is 6.38. The minimum absolute atomic E-state index is 0.186. The van der Waals surface area contributed by atoms with Gasteiger partial charge in [-0.2, -0.15) is 0 Å². The van der Waals surface area contributed by atoms with E-state index in [0.717, 1.165) is 5.56 Å². The van der Waals surface area contributed by atoms with Crippen LogP contribution in [0.5, 0.6) is 0 Å². The first-order valence-electron chi connectivity index (χ1n) is 7.54. The summed E-state index contributed by atoms with van der Waals surface area (Å²) in [6.07, 6.45) is 3.40. The van der Waals surface area contributed by atoms with E-state index in [0.29, 0.717) is 22.1 Å². The fraction of sp³-hybridized carbons (Fsp3) is 0.118. The van der Waals surface area contributed by atoms with Gasteiger partial charge in [0.05, 0.1) is 17.0 Å². The van der Waals surface area contributed by atoms with Crippen molar-refractivity contribution in [3.05, 3.63) is 59.9 Å². The summed E-state index contributed by atoms with van der Waals surface area (Å²) < 4.78 is 1.82. The van der Waals surface area contributed by atoms with Gasteiger partial charge in [0.25, 0.3) is 11.8 Å². The molecular weight excluding hydrogens is 338 g/mol. The van der Waals surface area contributed by atoms with E-state index in [4.69, 9.17) is 0 Å². The van der Waals surface area contributed by atoms with E-state index in [2.05, 4.69) is 15.2 Å². The number of carbonyl (C=O) groups is 2. The number of nitrogens with zero attached hydrogens (tertiary/aromatic N) is 5. The first kappa shape index (κ1) is 15.5. The average molecular weight is 351 g/mol. The smallest absolute Gasteiger partial charge is 0.262 e. The van der Waals surface area contributed by atoms with Gasteiger partial charge in [-0.3, -0.25) is 19.5 Å². The zero-order valence-electron chi connectivity index (χ0n) is 13.3. The molecule has 8 heteroatoms. The van der Waals surface area contributed by atoms with Crippen LogP contribution < -0.4 is 0 Å². The number of benzene rings is 1. The van der Waals surface area contributed by atoms with E-state index >= 15 is 0 Å². The summed E-state index contributed by atoms with van der Waals surface area (Å²) in [5.74, 6) is 0.314. The van der Waals surface area contributed by atoms with E-state index in [1.807, 2.05) is 23.7 Å². The van der Waals surface area contributed by atoms with Crippen LogP contribution in [0.3, 0.4) is 0 Å². The molecule has 0 saturated carbocycles. The van der Waals surface area contributed by atoms with E-state index in [-0.39, 0.29) is 17.7 Å². The largest absolute Gasteiger partial charge is 0.305 e. The average Bonchev–Trinajstić information content (AvgIpc) is 3.13. The highest BCUT2D eigenvalue weighted by Crippen LogP contribution is 2.27. The third kappa shape index (κ3) is 2.60. The number of amides is 2. The number of hydrogen-bond donors (Lipinski definition) is 0. The van der Waals surface area contributed by atoms with Crippen LogP contribution in [0.25, 0.3) is 11.4 Å². The highest BCUT2D eigenvalue weighted by atomic mass is 32.2. The molecule has 4 rings (SSSR count). The number of fused-ring (bicyclic) bond motifs is 1. The maximum absolute atomic E-state index is 12.4. The van der Waals surface area contributed by atoms with Gasteiger partial charge in [-0.15, -0.1) is 10.2 Å². The second-order valence-electron chi connectivity index (χ2n) is 5.46. The van der Waals surface area contributed by atoms with Crippen molar-refractivity contribution in [1.82, 2.24) is 24.6 Å². The summed E-state index contributed by atoms with van der Waals surface area (Å²) in [5.41, 5.74) is 1.74. The van der Waals surface area contributed by atoms with Crippen molar-refractivity contribution in [2.24, 2.45) is 7.05 Å². The molecule has 124 valence electrons. The minimum Gasteiger partial charge on any atom is -0.305 e. The highest BCUT2D eigenvalue weighted by molar-refractivity contribution is 7.99. The third-order valence-corrected chi connectivity index (χ3v) is 4.96. The molecule has 3 heterocycles. The number of carbonyl (C=O) groups excluding carboxylic acids is 2. The predicted octanol–water partition coefficient (Wildman–Crippen LogP) is 2.22. The fourth-order valence-corrected chi connectivity index (χ4v) is 3.52. The Labute approximate surface area is 147 Å². The molecule has 2 amide bonds. The van der Waals surface area contributed by atoms with Crippen molar-refractivity contribution in [1.29, 1.82) is 0 Å². The van der Waals surface area contributed by atoms with Crippen LogP contribution in [-0.2, 0) is 7.05 Å². The summed E-state index contributed by atoms with van der Waals surface area (Å²) in [7, 11) is 1.84. The van der Waals surface area contributed by atoms with Gasteiger partial charge in [-0.25, -0.2) is 0 Å². The normalized spacial score (nSPS) is 13.4. The van der Waals surface area contributed by atoms with Crippen molar-refractivity contribution >= 4 is 23.6 Å². The van der Waals surface area contributed by atoms with Crippen molar-refractivity contribution in [3.63, 3.8) is 0 Å². The Kier molecular flexibility index (Phi) is 3.81. The Morgan fingerprint density at radius 1 is 1.00 bits per heavy atom. The topological polar surface area (TPSA) is 81.0 Å². The summed E-state index contributed by atoms with van der Waals surface area (Å²) in [6.45, 7) is 0. The molecule has 0 N–H and O–H groups in total. The molecule has 0 unspecified atom stereocenters. The van der Waals surface area contributed by atoms with Gasteiger partial charge in [-0.1, -0.05) is 23.9 Å². The van der Waals surface area contributed by atoms with Gasteiger partial charge in [0.2, 0.25) is 0 Å². The molecule has 1 aliphatic rings. The van der Waals surface area contributed by atoms with Crippen molar-refractivity contribution in [3.8, 4) is 11.4 Å². The lowest BCUT2D eigenvalue weighted by Gasteiger charge is -2.12. The zero-order chi connectivity index (χ0) is 17.4. The summed E-state index contributed by atoms with van der Waals surface area (Å²) >= 11 is 1.29. The van der Waals surface area contributed by atoms with Crippen molar-refractivity contribution in [2.75, 3.05) is 5.88 Å². The van der Waals surface area contributed by atoms with Gasteiger partial charge in [0.1, 0.15) is 0 Å². The summed E-state index contributed by atoms with van der Waals surface area (Å²) in [4.78, 5) is 30.1. The van der Waals surface area contributed by atoms with Gasteiger partial charge < -0.3 is 4.57 Å². The van der Waals surface area contributed by atoms with Crippen LogP contribution in [-0.4, -0.2) is 42.3 Å². The van der Waals surface area contributed by atoms with Crippen molar-refractivity contribution in [2.45, 2.75) is 5.16 Å². The summed E-state index contributed by atoms with van der Waals surface area (Å²) in [5, 5.41) is 8.94. The molecule has 25 heavy (non-hydrogen) atoms. The van der Waals surface area contributed by atoms with E-state index in [1.165, 1.54) is 16.7 Å². The Hall–Kier alpha value is -3.00. The molecule has 1 aromatic carbocycles. The molecule has 0 fully saturated rings. The van der Waals surface area contributed by atoms with E-state index < -0.39 is 0 Å². The van der Waals surface area contributed by atoms with Gasteiger partial charge in [0.15, 0.2) is 11.0 Å². The maximum atomic E-state index is 12.4. The Morgan fingerprint density at radius 3 is 2.36 bits per heavy atom. The molecule has 0 spiro atoms. The Balaban J connectivity index is 1.53. The monoisotopic (exact) mass is 351 g/mol. The number of aromatic nitrogens is 4. The zero-order valence-corrected chi connectivity index (χ0v) is 14.1. The minimum atomic E-state index is -0.275. The van der Waals surface area contributed by atoms with Crippen LogP contribution in [0.4, 0.5) is 0 Å². The number of imide groups is 1. The van der Waals surface area contributed by atoms with Crippen LogP contribution >= 0.6 is 11.8 Å². The molecule has 0 aliphatic carbocycles.